The van der Waals surface area contributed by atoms with Crippen molar-refractivity contribution in [1.82, 2.24) is 15.1 Å². The molecular weight excluding hydrogens is 247 g/mol. The second-order valence-corrected chi connectivity index (χ2v) is 4.49. The highest BCUT2D eigenvalue weighted by Crippen LogP contribution is 2.19. The van der Waals surface area contributed by atoms with Crippen molar-refractivity contribution in [1.29, 1.82) is 0 Å². The highest BCUT2D eigenvalue weighted by molar-refractivity contribution is 5.11. The molecule has 1 N–H and O–H groups in total. The van der Waals surface area contributed by atoms with Crippen molar-refractivity contribution in [2.45, 2.75) is 25.6 Å². The van der Waals surface area contributed by atoms with Gasteiger partial charge in [-0.1, -0.05) is 0 Å². The van der Waals surface area contributed by atoms with Gasteiger partial charge in [0.1, 0.15) is 6.54 Å². The van der Waals surface area contributed by atoms with E-state index < -0.39 is 12.7 Å². The van der Waals surface area contributed by atoms with Crippen LogP contribution in [0.5, 0.6) is 5.75 Å². The van der Waals surface area contributed by atoms with E-state index in [1.165, 1.54) is 12.4 Å². The minimum Gasteiger partial charge on any atom is -0.490 e. The fraction of sp³-hybridized carbons (Fsp3) is 0.727. The molecule has 7 heteroatoms. The molecule has 0 atom stereocenters. The minimum atomic E-state index is -4.25. The van der Waals surface area contributed by atoms with Crippen LogP contribution in [0.4, 0.5) is 13.2 Å². The van der Waals surface area contributed by atoms with Crippen molar-refractivity contribution in [3.63, 3.8) is 0 Å². The van der Waals surface area contributed by atoms with E-state index in [-0.39, 0.29) is 0 Å². The van der Waals surface area contributed by atoms with E-state index >= 15 is 0 Å². The quantitative estimate of drug-likeness (QED) is 0.900. The first-order chi connectivity index (χ1) is 8.53. The molecule has 0 spiro atoms. The predicted molar refractivity (Wildman–Crippen MR) is 59.4 cm³/mol. The molecule has 1 aliphatic rings. The normalized spacial score (nSPS) is 17.9. The summed E-state index contributed by atoms with van der Waals surface area (Å²) in [5, 5.41) is 6.87. The van der Waals surface area contributed by atoms with Crippen molar-refractivity contribution in [2.24, 2.45) is 5.92 Å². The van der Waals surface area contributed by atoms with Gasteiger partial charge in [0, 0.05) is 0 Å². The Morgan fingerprint density at radius 2 is 2.11 bits per heavy atom. The summed E-state index contributed by atoms with van der Waals surface area (Å²) < 4.78 is 42.7. The number of nitrogens with zero attached hydrogens (tertiary/aromatic N) is 2. The zero-order valence-electron chi connectivity index (χ0n) is 9.91. The third kappa shape index (κ3) is 4.21. The maximum Gasteiger partial charge on any atom is 0.408 e. The molecule has 0 aliphatic carbocycles. The van der Waals surface area contributed by atoms with Crippen LogP contribution in [-0.2, 0) is 6.54 Å². The highest BCUT2D eigenvalue weighted by atomic mass is 19.4. The summed E-state index contributed by atoms with van der Waals surface area (Å²) in [6.45, 7) is 1.41. The number of nitrogens with one attached hydrogen (secondary N) is 1. The van der Waals surface area contributed by atoms with Crippen LogP contribution >= 0.6 is 0 Å². The molecule has 0 radical (unpaired) electrons. The summed E-state index contributed by atoms with van der Waals surface area (Å²) in [5.74, 6) is 0.870. The molecule has 4 nitrogen and oxygen atoms in total. The largest absolute Gasteiger partial charge is 0.490 e. The van der Waals surface area contributed by atoms with Crippen molar-refractivity contribution in [3.05, 3.63) is 12.4 Å². The van der Waals surface area contributed by atoms with Crippen molar-refractivity contribution in [3.8, 4) is 5.75 Å². The maximum absolute atomic E-state index is 12.1. The van der Waals surface area contributed by atoms with Crippen LogP contribution in [0, 0.1) is 5.92 Å². The van der Waals surface area contributed by atoms with Crippen molar-refractivity contribution in [2.75, 3.05) is 19.7 Å². The molecule has 1 saturated heterocycles. The summed E-state index contributed by atoms with van der Waals surface area (Å²) in [7, 11) is 0. The van der Waals surface area contributed by atoms with E-state index in [0.29, 0.717) is 18.3 Å². The predicted octanol–water partition coefficient (Wildman–Crippen LogP) is 1.82. The lowest BCUT2D eigenvalue weighted by atomic mass is 9.99. The first kappa shape index (κ1) is 13.2. The lowest BCUT2D eigenvalue weighted by Gasteiger charge is -2.22. The summed E-state index contributed by atoms with van der Waals surface area (Å²) in [5.41, 5.74) is 0. The number of aromatic nitrogens is 2. The van der Waals surface area contributed by atoms with Gasteiger partial charge in [-0.25, -0.2) is 0 Å². The molecule has 0 bridgehead atoms. The van der Waals surface area contributed by atoms with E-state index in [0.717, 1.165) is 30.6 Å². The van der Waals surface area contributed by atoms with E-state index in [1.54, 1.807) is 0 Å². The fourth-order valence-electron chi connectivity index (χ4n) is 1.95. The van der Waals surface area contributed by atoms with Crippen LogP contribution < -0.4 is 10.1 Å². The van der Waals surface area contributed by atoms with Crippen LogP contribution in [0.15, 0.2) is 12.4 Å². The van der Waals surface area contributed by atoms with Gasteiger partial charge in [0.2, 0.25) is 0 Å². The summed E-state index contributed by atoms with van der Waals surface area (Å²) in [6.07, 6.45) is 0.438. The molecule has 0 aromatic carbocycles. The molecule has 2 heterocycles. The first-order valence-electron chi connectivity index (χ1n) is 5.96. The molecule has 1 aromatic rings. The average molecular weight is 263 g/mol. The van der Waals surface area contributed by atoms with Gasteiger partial charge < -0.3 is 10.1 Å². The van der Waals surface area contributed by atoms with Gasteiger partial charge in [0.05, 0.1) is 19.0 Å². The Labute approximate surface area is 103 Å². The first-order valence-corrected chi connectivity index (χ1v) is 5.96. The summed E-state index contributed by atoms with van der Waals surface area (Å²) in [6, 6.07) is 0. The molecule has 0 amide bonds. The Morgan fingerprint density at radius 1 is 1.39 bits per heavy atom. The second kappa shape index (κ2) is 5.60. The Hall–Kier alpha value is -1.24. The Kier molecular flexibility index (Phi) is 4.11. The number of ether oxygens (including phenoxy) is 1. The number of halogens is 3. The minimum absolute atomic E-state index is 0.401. The van der Waals surface area contributed by atoms with Gasteiger partial charge >= 0.3 is 6.18 Å². The van der Waals surface area contributed by atoms with E-state index in [4.69, 9.17) is 4.74 Å². The van der Waals surface area contributed by atoms with E-state index in [2.05, 4.69) is 10.4 Å². The fourth-order valence-corrected chi connectivity index (χ4v) is 1.95. The molecule has 1 aliphatic heterocycles. The molecule has 102 valence electrons. The van der Waals surface area contributed by atoms with Gasteiger partial charge in [-0.2, -0.15) is 18.3 Å². The molecule has 1 aromatic heterocycles. The zero-order valence-corrected chi connectivity index (χ0v) is 9.91. The molecule has 2 rings (SSSR count). The monoisotopic (exact) mass is 263 g/mol. The molecule has 0 saturated carbocycles. The molecular formula is C11H16F3N3O. The number of hydrogen-bond acceptors (Lipinski definition) is 3. The van der Waals surface area contributed by atoms with Crippen LogP contribution in [0.1, 0.15) is 12.8 Å². The highest BCUT2D eigenvalue weighted by Gasteiger charge is 2.28. The topological polar surface area (TPSA) is 39.1 Å². The van der Waals surface area contributed by atoms with Gasteiger partial charge in [-0.05, 0) is 31.8 Å². The third-order valence-corrected chi connectivity index (χ3v) is 2.90. The Bertz CT molecular complexity index is 372. The van der Waals surface area contributed by atoms with E-state index in [1.807, 2.05) is 0 Å². The SMILES string of the molecule is FC(F)(F)Cn1cc(OCC2CCNCC2)cn1. The molecule has 0 unspecified atom stereocenters. The maximum atomic E-state index is 12.1. The van der Waals surface area contributed by atoms with Crippen LogP contribution in [0.3, 0.4) is 0 Å². The van der Waals surface area contributed by atoms with Crippen molar-refractivity contribution < 1.29 is 17.9 Å². The smallest absolute Gasteiger partial charge is 0.408 e. The number of alkyl halides is 3. The molecule has 1 fully saturated rings. The van der Waals surface area contributed by atoms with Crippen LogP contribution in [0.2, 0.25) is 0 Å². The number of hydrogen-bond donors (Lipinski definition) is 1. The molecule has 18 heavy (non-hydrogen) atoms. The van der Waals surface area contributed by atoms with E-state index in [9.17, 15) is 13.2 Å². The van der Waals surface area contributed by atoms with Crippen LogP contribution in [-0.4, -0.2) is 35.7 Å². The summed E-state index contributed by atoms with van der Waals surface area (Å²) >= 11 is 0. The lowest BCUT2D eigenvalue weighted by Crippen LogP contribution is -2.30. The third-order valence-electron chi connectivity index (χ3n) is 2.90. The number of rotatable bonds is 4. The van der Waals surface area contributed by atoms with Crippen LogP contribution in [0.25, 0.3) is 0 Å². The van der Waals surface area contributed by atoms with Gasteiger partial charge in [-0.15, -0.1) is 0 Å². The van der Waals surface area contributed by atoms with Gasteiger partial charge in [0.15, 0.2) is 5.75 Å². The zero-order chi connectivity index (χ0) is 13.0. The standard InChI is InChI=1S/C11H16F3N3O/c12-11(13,14)8-17-6-10(5-16-17)18-7-9-1-3-15-4-2-9/h5-6,9,15H,1-4,7-8H2. The lowest BCUT2D eigenvalue weighted by molar-refractivity contribution is -0.142. The Morgan fingerprint density at radius 3 is 2.78 bits per heavy atom. The van der Waals surface area contributed by atoms with Crippen molar-refractivity contribution >= 4 is 0 Å². The second-order valence-electron chi connectivity index (χ2n) is 4.49. The summed E-state index contributed by atoms with van der Waals surface area (Å²) in [4.78, 5) is 0. The Balaban J connectivity index is 1.79. The van der Waals surface area contributed by atoms with Gasteiger partial charge in [0.25, 0.3) is 0 Å². The average Bonchev–Trinajstić information content (AvgIpc) is 2.73. The number of piperidine rings is 1. The van der Waals surface area contributed by atoms with Gasteiger partial charge in [-0.3, -0.25) is 4.68 Å².